The highest BCUT2D eigenvalue weighted by Gasteiger charge is 2.20. The van der Waals surface area contributed by atoms with Crippen LogP contribution in [0.3, 0.4) is 0 Å². The molecule has 3 N–H and O–H groups in total. The van der Waals surface area contributed by atoms with Crippen LogP contribution >= 0.6 is 0 Å². The van der Waals surface area contributed by atoms with Crippen molar-refractivity contribution < 1.29 is 19.4 Å². The van der Waals surface area contributed by atoms with Gasteiger partial charge in [-0.05, 0) is 29.8 Å². The molecule has 144 valence electrons. The number of rotatable bonds is 4. The van der Waals surface area contributed by atoms with E-state index < -0.39 is 17.3 Å². The van der Waals surface area contributed by atoms with Gasteiger partial charge in [-0.25, -0.2) is 4.79 Å². The predicted octanol–water partition coefficient (Wildman–Crippen LogP) is 4.05. The summed E-state index contributed by atoms with van der Waals surface area (Å²) in [6, 6.07) is 20.5. The van der Waals surface area contributed by atoms with Crippen LogP contribution in [-0.4, -0.2) is 16.1 Å². The number of fused-ring (bicyclic) bond motifs is 1. The Balaban J connectivity index is 1.79. The summed E-state index contributed by atoms with van der Waals surface area (Å²) >= 11 is 0. The lowest BCUT2D eigenvalue weighted by molar-refractivity contribution is 0.102. The second-order valence-electron chi connectivity index (χ2n) is 6.54. The number of phenolic OH excluding ortho intramolecular Hbond substituents is 1. The molecule has 0 aliphatic carbocycles. The summed E-state index contributed by atoms with van der Waals surface area (Å²) in [4.78, 5) is 24.9. The summed E-state index contributed by atoms with van der Waals surface area (Å²) in [5, 5.41) is 23.6. The molecule has 1 aromatic heterocycles. The lowest BCUT2D eigenvalue weighted by Gasteiger charge is -2.12. The van der Waals surface area contributed by atoms with Crippen molar-refractivity contribution in [1.82, 2.24) is 0 Å². The van der Waals surface area contributed by atoms with E-state index in [4.69, 9.17) is 4.42 Å². The SMILES string of the molecule is O=C(Nc1c(O)c2ccc(O)c(Cc3ccccc3)c2oc1=O)c1ccccc1. The number of carbonyl (C=O) groups excluding carboxylic acids is 1. The molecule has 0 atom stereocenters. The Morgan fingerprint density at radius 2 is 1.55 bits per heavy atom. The summed E-state index contributed by atoms with van der Waals surface area (Å²) in [7, 11) is 0. The van der Waals surface area contributed by atoms with Crippen molar-refractivity contribution in [3.8, 4) is 11.5 Å². The molecule has 0 aliphatic rings. The average Bonchev–Trinajstić information content (AvgIpc) is 2.74. The third kappa shape index (κ3) is 3.55. The smallest absolute Gasteiger partial charge is 0.364 e. The van der Waals surface area contributed by atoms with Crippen molar-refractivity contribution in [1.29, 1.82) is 0 Å². The molecule has 6 nitrogen and oxygen atoms in total. The minimum absolute atomic E-state index is 0.0509. The van der Waals surface area contributed by atoms with Crippen LogP contribution < -0.4 is 10.9 Å². The Bertz CT molecular complexity index is 1250. The van der Waals surface area contributed by atoms with Gasteiger partial charge in [0.1, 0.15) is 11.3 Å². The van der Waals surface area contributed by atoms with Crippen molar-refractivity contribution in [2.24, 2.45) is 0 Å². The topological polar surface area (TPSA) is 99.8 Å². The molecule has 1 heterocycles. The van der Waals surface area contributed by atoms with Gasteiger partial charge in [-0.2, -0.15) is 0 Å². The van der Waals surface area contributed by atoms with E-state index in [1.54, 1.807) is 30.3 Å². The molecular formula is C23H17NO5. The van der Waals surface area contributed by atoms with Crippen LogP contribution in [0.5, 0.6) is 11.5 Å². The minimum Gasteiger partial charge on any atom is -0.508 e. The normalized spacial score (nSPS) is 10.8. The zero-order valence-corrected chi connectivity index (χ0v) is 15.3. The van der Waals surface area contributed by atoms with Gasteiger partial charge in [0.05, 0.1) is 5.39 Å². The van der Waals surface area contributed by atoms with Crippen LogP contribution in [0, 0.1) is 0 Å². The van der Waals surface area contributed by atoms with E-state index in [9.17, 15) is 19.8 Å². The fraction of sp³-hybridized carbons (Fsp3) is 0.0435. The lowest BCUT2D eigenvalue weighted by atomic mass is 10.0. The Kier molecular flexibility index (Phi) is 4.75. The molecule has 0 aliphatic heterocycles. The highest BCUT2D eigenvalue weighted by Crippen LogP contribution is 2.36. The summed E-state index contributed by atoms with van der Waals surface area (Å²) in [6.07, 6.45) is 0.308. The summed E-state index contributed by atoms with van der Waals surface area (Å²) in [5.41, 5.74) is 0.443. The Hall–Kier alpha value is -4.06. The molecule has 0 spiro atoms. The molecule has 0 unspecified atom stereocenters. The first kappa shape index (κ1) is 18.3. The maximum absolute atomic E-state index is 12.5. The van der Waals surface area contributed by atoms with Crippen LogP contribution in [0.15, 0.2) is 82.0 Å². The first-order valence-corrected chi connectivity index (χ1v) is 8.95. The van der Waals surface area contributed by atoms with Gasteiger partial charge in [0, 0.05) is 17.5 Å². The standard InChI is InChI=1S/C23H17NO5/c25-18-12-11-16-20(26)19(24-22(27)15-9-5-2-6-10-15)23(28)29-21(16)17(18)13-14-7-3-1-4-8-14/h1-12,25-26H,13H2,(H,24,27). The lowest BCUT2D eigenvalue weighted by Crippen LogP contribution is -2.18. The van der Waals surface area contributed by atoms with Crippen LogP contribution in [-0.2, 0) is 6.42 Å². The van der Waals surface area contributed by atoms with Crippen LogP contribution in [0.1, 0.15) is 21.5 Å². The van der Waals surface area contributed by atoms with Gasteiger partial charge in [-0.3, -0.25) is 4.79 Å². The number of anilines is 1. The zero-order chi connectivity index (χ0) is 20.4. The second-order valence-corrected chi connectivity index (χ2v) is 6.54. The fourth-order valence-electron chi connectivity index (χ4n) is 3.15. The van der Waals surface area contributed by atoms with Crippen molar-refractivity contribution in [3.05, 3.63) is 99.9 Å². The van der Waals surface area contributed by atoms with Crippen LogP contribution in [0.25, 0.3) is 11.0 Å². The molecule has 4 aromatic rings. The molecule has 6 heteroatoms. The van der Waals surface area contributed by atoms with E-state index in [2.05, 4.69) is 5.32 Å². The quantitative estimate of drug-likeness (QED) is 0.459. The number of nitrogens with one attached hydrogen (secondary N) is 1. The Labute approximate surface area is 165 Å². The van der Waals surface area contributed by atoms with Gasteiger partial charge >= 0.3 is 5.63 Å². The third-order valence-electron chi connectivity index (χ3n) is 4.62. The van der Waals surface area contributed by atoms with Gasteiger partial charge in [0.15, 0.2) is 11.4 Å². The van der Waals surface area contributed by atoms with E-state index in [1.165, 1.54) is 12.1 Å². The number of hydrogen-bond acceptors (Lipinski definition) is 5. The maximum Gasteiger partial charge on any atom is 0.364 e. The molecule has 0 radical (unpaired) electrons. The summed E-state index contributed by atoms with van der Waals surface area (Å²) in [6.45, 7) is 0. The molecule has 1 amide bonds. The first-order chi connectivity index (χ1) is 14.0. The summed E-state index contributed by atoms with van der Waals surface area (Å²) < 4.78 is 5.40. The zero-order valence-electron chi connectivity index (χ0n) is 15.3. The Morgan fingerprint density at radius 1 is 0.897 bits per heavy atom. The van der Waals surface area contributed by atoms with Crippen molar-refractivity contribution >= 4 is 22.6 Å². The second kappa shape index (κ2) is 7.52. The number of phenols is 1. The van der Waals surface area contributed by atoms with Gasteiger partial charge in [-0.1, -0.05) is 48.5 Å². The molecule has 0 bridgehead atoms. The number of benzene rings is 3. The van der Waals surface area contributed by atoms with Crippen molar-refractivity contribution in [2.75, 3.05) is 5.32 Å². The third-order valence-corrected chi connectivity index (χ3v) is 4.62. The van der Waals surface area contributed by atoms with Crippen molar-refractivity contribution in [2.45, 2.75) is 6.42 Å². The largest absolute Gasteiger partial charge is 0.508 e. The molecule has 0 fully saturated rings. The Morgan fingerprint density at radius 3 is 2.24 bits per heavy atom. The van der Waals surface area contributed by atoms with Gasteiger partial charge in [-0.15, -0.1) is 0 Å². The fourth-order valence-corrected chi connectivity index (χ4v) is 3.15. The molecule has 0 saturated heterocycles. The molecule has 3 aromatic carbocycles. The van der Waals surface area contributed by atoms with E-state index in [-0.39, 0.29) is 22.4 Å². The maximum atomic E-state index is 12.5. The molecule has 0 saturated carbocycles. The number of amides is 1. The summed E-state index contributed by atoms with van der Waals surface area (Å²) in [5.74, 6) is -1.00. The van der Waals surface area contributed by atoms with E-state index >= 15 is 0 Å². The van der Waals surface area contributed by atoms with E-state index in [1.807, 2.05) is 30.3 Å². The molecule has 29 heavy (non-hydrogen) atoms. The number of aromatic hydroxyl groups is 2. The van der Waals surface area contributed by atoms with Gasteiger partial charge in [0.25, 0.3) is 5.91 Å². The first-order valence-electron chi connectivity index (χ1n) is 8.95. The number of hydrogen-bond donors (Lipinski definition) is 3. The highest BCUT2D eigenvalue weighted by molar-refractivity contribution is 6.06. The highest BCUT2D eigenvalue weighted by atomic mass is 16.4. The molecular weight excluding hydrogens is 370 g/mol. The monoisotopic (exact) mass is 387 g/mol. The minimum atomic E-state index is -0.904. The average molecular weight is 387 g/mol. The van der Waals surface area contributed by atoms with Gasteiger partial charge in [0.2, 0.25) is 0 Å². The van der Waals surface area contributed by atoms with Crippen LogP contribution in [0.2, 0.25) is 0 Å². The van der Waals surface area contributed by atoms with E-state index in [0.29, 0.717) is 17.5 Å². The van der Waals surface area contributed by atoms with E-state index in [0.717, 1.165) is 5.56 Å². The van der Waals surface area contributed by atoms with Crippen molar-refractivity contribution in [3.63, 3.8) is 0 Å². The predicted molar refractivity (Wildman–Crippen MR) is 109 cm³/mol. The number of carbonyl (C=O) groups is 1. The molecule has 4 rings (SSSR count). The van der Waals surface area contributed by atoms with Gasteiger partial charge < -0.3 is 19.9 Å². The van der Waals surface area contributed by atoms with Crippen LogP contribution in [0.4, 0.5) is 5.69 Å².